The highest BCUT2D eigenvalue weighted by Crippen LogP contribution is 2.25. The van der Waals surface area contributed by atoms with E-state index in [4.69, 9.17) is 5.73 Å². The van der Waals surface area contributed by atoms with E-state index in [9.17, 15) is 8.42 Å². The smallest absolute Gasteiger partial charge is 0.243 e. The molecule has 0 spiro atoms. The summed E-state index contributed by atoms with van der Waals surface area (Å²) in [7, 11) is -3.63. The quantitative estimate of drug-likeness (QED) is 0.853. The molecule has 0 atom stereocenters. The van der Waals surface area contributed by atoms with E-state index < -0.39 is 10.0 Å². The van der Waals surface area contributed by atoms with Crippen LogP contribution in [0, 0.1) is 20.8 Å². The average molecular weight is 304 g/mol. The normalized spacial score (nSPS) is 11.6. The van der Waals surface area contributed by atoms with E-state index in [-0.39, 0.29) is 17.1 Å². The van der Waals surface area contributed by atoms with Gasteiger partial charge in [0.05, 0.1) is 5.69 Å². The number of nitrogen functional groups attached to an aromatic ring is 1. The van der Waals surface area contributed by atoms with Crippen LogP contribution in [-0.4, -0.2) is 8.42 Å². The van der Waals surface area contributed by atoms with Gasteiger partial charge in [-0.05, 0) is 43.5 Å². The highest BCUT2D eigenvalue weighted by Gasteiger charge is 2.20. The lowest BCUT2D eigenvalue weighted by molar-refractivity contribution is 0.581. The maximum absolute atomic E-state index is 12.5. The number of hydrogen-bond acceptors (Lipinski definition) is 3. The van der Waals surface area contributed by atoms with E-state index in [0.29, 0.717) is 5.56 Å². The van der Waals surface area contributed by atoms with E-state index in [0.717, 1.165) is 16.7 Å². The van der Waals surface area contributed by atoms with Gasteiger partial charge in [-0.15, -0.1) is 0 Å². The van der Waals surface area contributed by atoms with Gasteiger partial charge in [-0.1, -0.05) is 35.9 Å². The molecule has 0 heterocycles. The summed E-state index contributed by atoms with van der Waals surface area (Å²) in [6.07, 6.45) is 0. The van der Waals surface area contributed by atoms with Gasteiger partial charge in [0.2, 0.25) is 10.0 Å². The van der Waals surface area contributed by atoms with Gasteiger partial charge < -0.3 is 5.73 Å². The molecule has 0 aliphatic carbocycles. The third kappa shape index (κ3) is 3.43. The van der Waals surface area contributed by atoms with Crippen LogP contribution < -0.4 is 10.5 Å². The first-order valence-corrected chi connectivity index (χ1v) is 8.20. The fourth-order valence-electron chi connectivity index (χ4n) is 2.12. The fourth-order valence-corrected chi connectivity index (χ4v) is 3.57. The molecule has 5 heteroatoms. The first-order chi connectivity index (χ1) is 9.81. The molecule has 4 nitrogen and oxygen atoms in total. The van der Waals surface area contributed by atoms with Crippen LogP contribution in [0.5, 0.6) is 0 Å². The van der Waals surface area contributed by atoms with E-state index >= 15 is 0 Å². The fraction of sp³-hybridized carbons (Fsp3) is 0.250. The van der Waals surface area contributed by atoms with E-state index in [1.165, 1.54) is 0 Å². The zero-order valence-corrected chi connectivity index (χ0v) is 13.3. The summed E-state index contributed by atoms with van der Waals surface area (Å²) in [6.45, 7) is 5.88. The molecule has 21 heavy (non-hydrogen) atoms. The van der Waals surface area contributed by atoms with Crippen LogP contribution in [0.25, 0.3) is 0 Å². The number of sulfonamides is 1. The third-order valence-electron chi connectivity index (χ3n) is 3.56. The Kier molecular flexibility index (Phi) is 4.34. The van der Waals surface area contributed by atoms with Gasteiger partial charge in [-0.25, -0.2) is 13.1 Å². The molecule has 2 aromatic rings. The number of anilines is 1. The van der Waals surface area contributed by atoms with Crippen molar-refractivity contribution in [1.82, 2.24) is 4.72 Å². The Morgan fingerprint density at radius 2 is 1.62 bits per heavy atom. The molecule has 112 valence electrons. The first kappa shape index (κ1) is 15.5. The predicted octanol–water partition coefficient (Wildman–Crippen LogP) is 2.67. The minimum atomic E-state index is -3.63. The van der Waals surface area contributed by atoms with Crippen LogP contribution in [-0.2, 0) is 16.6 Å². The minimum Gasteiger partial charge on any atom is -0.398 e. The molecular weight excluding hydrogens is 284 g/mol. The SMILES string of the molecule is Cc1ccc(CNS(=O)(=O)c2c(N)ccc(C)c2C)cc1. The predicted molar refractivity (Wildman–Crippen MR) is 85.5 cm³/mol. The third-order valence-corrected chi connectivity index (χ3v) is 5.17. The average Bonchev–Trinajstić information content (AvgIpc) is 2.43. The monoisotopic (exact) mass is 304 g/mol. The van der Waals surface area contributed by atoms with Crippen molar-refractivity contribution in [3.8, 4) is 0 Å². The van der Waals surface area contributed by atoms with Gasteiger partial charge in [0.1, 0.15) is 4.90 Å². The summed E-state index contributed by atoms with van der Waals surface area (Å²) in [5, 5.41) is 0. The summed E-state index contributed by atoms with van der Waals surface area (Å²) in [4.78, 5) is 0.176. The lowest BCUT2D eigenvalue weighted by atomic mass is 10.1. The molecule has 3 N–H and O–H groups in total. The van der Waals surface area contributed by atoms with Crippen LogP contribution in [0.1, 0.15) is 22.3 Å². The van der Waals surface area contributed by atoms with Gasteiger partial charge in [-0.2, -0.15) is 0 Å². The van der Waals surface area contributed by atoms with Gasteiger partial charge in [0.25, 0.3) is 0 Å². The van der Waals surface area contributed by atoms with Crippen molar-refractivity contribution in [3.63, 3.8) is 0 Å². The molecule has 0 amide bonds. The van der Waals surface area contributed by atoms with Crippen LogP contribution >= 0.6 is 0 Å². The molecular formula is C16H20N2O2S. The number of nitrogens with one attached hydrogen (secondary N) is 1. The van der Waals surface area contributed by atoms with Crippen LogP contribution in [0.2, 0.25) is 0 Å². The van der Waals surface area contributed by atoms with Gasteiger partial charge >= 0.3 is 0 Å². The molecule has 0 unspecified atom stereocenters. The van der Waals surface area contributed by atoms with Gasteiger partial charge in [0, 0.05) is 6.54 Å². The molecule has 0 saturated carbocycles. The summed E-state index contributed by atoms with van der Waals surface area (Å²) >= 11 is 0. The second-order valence-corrected chi connectivity index (χ2v) is 6.94. The molecule has 0 saturated heterocycles. The van der Waals surface area contributed by atoms with Crippen molar-refractivity contribution in [1.29, 1.82) is 0 Å². The Morgan fingerprint density at radius 1 is 1.00 bits per heavy atom. The molecule has 2 rings (SSSR count). The maximum Gasteiger partial charge on any atom is 0.243 e. The molecule has 0 aromatic heterocycles. The topological polar surface area (TPSA) is 72.2 Å². The molecule has 0 fully saturated rings. The minimum absolute atomic E-state index is 0.176. The van der Waals surface area contributed by atoms with Gasteiger partial charge in [0.15, 0.2) is 0 Å². The van der Waals surface area contributed by atoms with E-state index in [1.54, 1.807) is 13.0 Å². The zero-order chi connectivity index (χ0) is 15.6. The maximum atomic E-state index is 12.5. The Morgan fingerprint density at radius 3 is 2.24 bits per heavy atom. The van der Waals surface area contributed by atoms with Crippen molar-refractivity contribution in [2.75, 3.05) is 5.73 Å². The second-order valence-electron chi connectivity index (χ2n) is 5.24. The second kappa shape index (κ2) is 5.87. The summed E-state index contributed by atoms with van der Waals surface area (Å²) in [6, 6.07) is 11.2. The van der Waals surface area contributed by atoms with Crippen molar-refractivity contribution in [2.24, 2.45) is 0 Å². The van der Waals surface area contributed by atoms with Crippen LogP contribution in [0.15, 0.2) is 41.3 Å². The lowest BCUT2D eigenvalue weighted by Gasteiger charge is -2.13. The highest BCUT2D eigenvalue weighted by atomic mass is 32.2. The largest absolute Gasteiger partial charge is 0.398 e. The van der Waals surface area contributed by atoms with Crippen molar-refractivity contribution < 1.29 is 8.42 Å². The van der Waals surface area contributed by atoms with Crippen LogP contribution in [0.4, 0.5) is 5.69 Å². The van der Waals surface area contributed by atoms with Crippen LogP contribution in [0.3, 0.4) is 0 Å². The zero-order valence-electron chi connectivity index (χ0n) is 12.5. The standard InChI is InChI=1S/C16H20N2O2S/c1-11-4-7-14(8-5-11)10-18-21(19,20)16-13(3)12(2)6-9-15(16)17/h4-9,18H,10,17H2,1-3H3. The Balaban J connectivity index is 2.27. The highest BCUT2D eigenvalue weighted by molar-refractivity contribution is 7.89. The molecule has 0 radical (unpaired) electrons. The van der Waals surface area contributed by atoms with E-state index in [1.807, 2.05) is 44.2 Å². The van der Waals surface area contributed by atoms with Gasteiger partial charge in [-0.3, -0.25) is 0 Å². The lowest BCUT2D eigenvalue weighted by Crippen LogP contribution is -2.25. The first-order valence-electron chi connectivity index (χ1n) is 6.72. The number of aryl methyl sites for hydroxylation is 2. The van der Waals surface area contributed by atoms with E-state index in [2.05, 4.69) is 4.72 Å². The number of benzene rings is 2. The summed E-state index contributed by atoms with van der Waals surface area (Å²) in [5.41, 5.74) is 9.76. The van der Waals surface area contributed by atoms with Crippen molar-refractivity contribution in [3.05, 3.63) is 58.7 Å². The number of rotatable bonds is 4. The Bertz CT molecular complexity index is 751. The molecule has 0 aliphatic heterocycles. The van der Waals surface area contributed by atoms with Crippen molar-refractivity contribution in [2.45, 2.75) is 32.2 Å². The summed E-state index contributed by atoms with van der Waals surface area (Å²) in [5.74, 6) is 0. The number of hydrogen-bond donors (Lipinski definition) is 2. The Labute approximate surface area is 126 Å². The molecule has 0 aliphatic rings. The summed E-state index contributed by atoms with van der Waals surface area (Å²) < 4.78 is 27.6. The van der Waals surface area contributed by atoms with Crippen molar-refractivity contribution >= 4 is 15.7 Å². The molecule has 0 bridgehead atoms. The molecule has 2 aromatic carbocycles. The number of nitrogens with two attached hydrogens (primary N) is 1. The Hall–Kier alpha value is -1.85.